The van der Waals surface area contributed by atoms with Crippen LogP contribution in [0.1, 0.15) is 6.92 Å². The van der Waals surface area contributed by atoms with Gasteiger partial charge >= 0.3 is 0 Å². The van der Waals surface area contributed by atoms with Crippen molar-refractivity contribution in [2.45, 2.75) is 11.8 Å². The molecule has 0 saturated carbocycles. The van der Waals surface area contributed by atoms with Crippen molar-refractivity contribution in [3.05, 3.63) is 48.5 Å². The van der Waals surface area contributed by atoms with Crippen LogP contribution in [0.15, 0.2) is 53.4 Å². The fourth-order valence-electron chi connectivity index (χ4n) is 1.78. The topological polar surface area (TPSA) is 78.4 Å². The Labute approximate surface area is 134 Å². The van der Waals surface area contributed by atoms with Crippen LogP contribution in [0, 0.1) is 0 Å². The van der Waals surface area contributed by atoms with Crippen molar-refractivity contribution in [2.24, 2.45) is 0 Å². The Morgan fingerprint density at radius 3 is 2.45 bits per heavy atom. The lowest BCUT2D eigenvalue weighted by Gasteiger charge is -2.13. The number of anilines is 2. The van der Waals surface area contributed by atoms with Gasteiger partial charge in [-0.3, -0.25) is 0 Å². The van der Waals surface area contributed by atoms with E-state index in [9.17, 15) is 13.5 Å². The van der Waals surface area contributed by atoms with E-state index in [2.05, 4.69) is 10.6 Å². The second-order valence-electron chi connectivity index (χ2n) is 4.53. The first-order chi connectivity index (χ1) is 10.4. The summed E-state index contributed by atoms with van der Waals surface area (Å²) in [6.45, 7) is 1.57. The van der Waals surface area contributed by atoms with Crippen molar-refractivity contribution in [3.8, 4) is 5.75 Å². The third-order valence-corrected chi connectivity index (χ3v) is 4.92. The van der Waals surface area contributed by atoms with Gasteiger partial charge in [0.1, 0.15) is 5.75 Å². The number of thiocarbonyl (C=S) groups is 1. The SMILES string of the molecule is CCS(=O)(=O)c1ccc(O)c(NC(=S)Nc2ccccc2)c1. The van der Waals surface area contributed by atoms with Crippen molar-refractivity contribution in [1.29, 1.82) is 0 Å². The summed E-state index contributed by atoms with van der Waals surface area (Å²) in [6, 6.07) is 13.3. The van der Waals surface area contributed by atoms with Gasteiger partial charge < -0.3 is 15.7 Å². The van der Waals surface area contributed by atoms with Gasteiger partial charge in [0.05, 0.1) is 16.3 Å². The van der Waals surface area contributed by atoms with E-state index in [-0.39, 0.29) is 27.2 Å². The van der Waals surface area contributed by atoms with Gasteiger partial charge in [-0.1, -0.05) is 25.1 Å². The number of nitrogens with one attached hydrogen (secondary N) is 2. The molecule has 0 aromatic heterocycles. The summed E-state index contributed by atoms with van der Waals surface area (Å²) in [5.74, 6) is -0.0866. The van der Waals surface area contributed by atoms with Crippen LogP contribution in [-0.4, -0.2) is 24.4 Å². The van der Waals surface area contributed by atoms with E-state index in [0.29, 0.717) is 0 Å². The Kier molecular flexibility index (Phi) is 4.99. The smallest absolute Gasteiger partial charge is 0.178 e. The zero-order valence-corrected chi connectivity index (χ0v) is 13.5. The molecule has 0 atom stereocenters. The van der Waals surface area contributed by atoms with Crippen LogP contribution in [0.2, 0.25) is 0 Å². The van der Waals surface area contributed by atoms with Crippen LogP contribution in [0.25, 0.3) is 0 Å². The van der Waals surface area contributed by atoms with Crippen molar-refractivity contribution >= 4 is 38.5 Å². The first-order valence-corrected chi connectivity index (χ1v) is 8.67. The van der Waals surface area contributed by atoms with E-state index in [1.807, 2.05) is 30.3 Å². The molecule has 0 heterocycles. The second-order valence-corrected chi connectivity index (χ2v) is 7.21. The van der Waals surface area contributed by atoms with Gasteiger partial charge in [-0.25, -0.2) is 8.42 Å². The molecule has 0 spiro atoms. The van der Waals surface area contributed by atoms with E-state index in [1.54, 1.807) is 6.92 Å². The second kappa shape index (κ2) is 6.76. The highest BCUT2D eigenvalue weighted by Gasteiger charge is 2.14. The normalized spacial score (nSPS) is 11.0. The Morgan fingerprint density at radius 1 is 1.14 bits per heavy atom. The van der Waals surface area contributed by atoms with Crippen LogP contribution in [0.5, 0.6) is 5.75 Å². The molecule has 2 rings (SSSR count). The van der Waals surface area contributed by atoms with Crippen LogP contribution in [-0.2, 0) is 9.84 Å². The molecule has 0 aliphatic heterocycles. The first-order valence-electron chi connectivity index (χ1n) is 6.61. The predicted octanol–water partition coefficient (Wildman–Crippen LogP) is 2.99. The number of sulfone groups is 1. The largest absolute Gasteiger partial charge is 0.506 e. The van der Waals surface area contributed by atoms with Crippen LogP contribution in [0.4, 0.5) is 11.4 Å². The van der Waals surface area contributed by atoms with Gasteiger partial charge in [0.15, 0.2) is 14.9 Å². The monoisotopic (exact) mass is 336 g/mol. The molecule has 116 valence electrons. The highest BCUT2D eigenvalue weighted by Crippen LogP contribution is 2.27. The summed E-state index contributed by atoms with van der Waals surface area (Å²) in [6.07, 6.45) is 0. The first kappa shape index (κ1) is 16.3. The number of hydrogen-bond donors (Lipinski definition) is 3. The van der Waals surface area contributed by atoms with Gasteiger partial charge in [-0.2, -0.15) is 0 Å². The molecule has 2 aromatic carbocycles. The minimum atomic E-state index is -3.35. The number of rotatable bonds is 4. The lowest BCUT2D eigenvalue weighted by Crippen LogP contribution is -2.19. The van der Waals surface area contributed by atoms with Crippen LogP contribution >= 0.6 is 12.2 Å². The molecule has 22 heavy (non-hydrogen) atoms. The molecule has 0 radical (unpaired) electrons. The Morgan fingerprint density at radius 2 is 1.82 bits per heavy atom. The average Bonchev–Trinajstić information content (AvgIpc) is 2.50. The molecule has 0 unspecified atom stereocenters. The van der Waals surface area contributed by atoms with Crippen LogP contribution < -0.4 is 10.6 Å². The van der Waals surface area contributed by atoms with E-state index in [1.165, 1.54) is 18.2 Å². The highest BCUT2D eigenvalue weighted by atomic mass is 32.2. The van der Waals surface area contributed by atoms with Gasteiger partial charge in [0.2, 0.25) is 0 Å². The third-order valence-electron chi connectivity index (χ3n) is 2.99. The van der Waals surface area contributed by atoms with E-state index >= 15 is 0 Å². The van der Waals surface area contributed by atoms with Gasteiger partial charge in [0.25, 0.3) is 0 Å². The van der Waals surface area contributed by atoms with Crippen molar-refractivity contribution in [2.75, 3.05) is 16.4 Å². The van der Waals surface area contributed by atoms with Gasteiger partial charge in [-0.05, 0) is 42.5 Å². The van der Waals surface area contributed by atoms with E-state index in [4.69, 9.17) is 12.2 Å². The number of para-hydroxylation sites is 1. The fraction of sp³-hybridized carbons (Fsp3) is 0.133. The van der Waals surface area contributed by atoms with Gasteiger partial charge in [0, 0.05) is 5.69 Å². The maximum atomic E-state index is 11.9. The maximum Gasteiger partial charge on any atom is 0.178 e. The number of aromatic hydroxyl groups is 1. The standard InChI is InChI=1S/C15H16N2O3S2/c1-2-22(19,20)12-8-9-14(18)13(10-12)17-15(21)16-11-6-4-3-5-7-11/h3-10,18H,2H2,1H3,(H2,16,17,21). The molecule has 0 saturated heterocycles. The summed E-state index contributed by atoms with van der Waals surface area (Å²) >= 11 is 5.16. The van der Waals surface area contributed by atoms with E-state index < -0.39 is 9.84 Å². The lowest BCUT2D eigenvalue weighted by atomic mass is 10.3. The summed E-state index contributed by atoms with van der Waals surface area (Å²) in [4.78, 5) is 0.137. The number of benzene rings is 2. The molecule has 0 aliphatic carbocycles. The van der Waals surface area contributed by atoms with Crippen molar-refractivity contribution < 1.29 is 13.5 Å². The summed E-state index contributed by atoms with van der Waals surface area (Å²) in [5.41, 5.74) is 1.03. The Hall–Kier alpha value is -2.12. The zero-order valence-electron chi connectivity index (χ0n) is 11.9. The average molecular weight is 336 g/mol. The Balaban J connectivity index is 2.19. The van der Waals surface area contributed by atoms with E-state index in [0.717, 1.165) is 5.69 Å². The summed E-state index contributed by atoms with van der Waals surface area (Å²) in [7, 11) is -3.35. The molecule has 7 heteroatoms. The number of phenolic OH excluding ortho intramolecular Hbond substituents is 1. The fourth-order valence-corrected chi connectivity index (χ4v) is 2.92. The Bertz CT molecular complexity index is 775. The molecule has 3 N–H and O–H groups in total. The summed E-state index contributed by atoms with van der Waals surface area (Å²) < 4.78 is 23.8. The van der Waals surface area contributed by atoms with Crippen LogP contribution in [0.3, 0.4) is 0 Å². The molecule has 0 bridgehead atoms. The lowest BCUT2D eigenvalue weighted by molar-refractivity contribution is 0.477. The zero-order chi connectivity index (χ0) is 16.2. The molecule has 2 aromatic rings. The highest BCUT2D eigenvalue weighted by molar-refractivity contribution is 7.91. The summed E-state index contributed by atoms with van der Waals surface area (Å²) in [5, 5.41) is 15.9. The minimum Gasteiger partial charge on any atom is -0.506 e. The van der Waals surface area contributed by atoms with Gasteiger partial charge in [-0.15, -0.1) is 0 Å². The number of phenols is 1. The molecular weight excluding hydrogens is 320 g/mol. The third kappa shape index (κ3) is 3.96. The molecule has 0 fully saturated rings. The molecule has 0 amide bonds. The molecule has 5 nitrogen and oxygen atoms in total. The quantitative estimate of drug-likeness (QED) is 0.588. The molecular formula is C15H16N2O3S2. The predicted molar refractivity (Wildman–Crippen MR) is 92.1 cm³/mol. The minimum absolute atomic E-state index is 0.00999. The maximum absolute atomic E-state index is 11.9. The van der Waals surface area contributed by atoms with Crippen molar-refractivity contribution in [1.82, 2.24) is 0 Å². The number of hydrogen-bond acceptors (Lipinski definition) is 4. The molecule has 0 aliphatic rings. The van der Waals surface area contributed by atoms with Crippen molar-refractivity contribution in [3.63, 3.8) is 0 Å².